The number of sulfonamides is 1. The molecule has 1 aromatic rings. The van der Waals surface area contributed by atoms with Crippen LogP contribution < -0.4 is 4.72 Å². The average molecular weight is 321 g/mol. The Bertz CT molecular complexity index is 590. The molecule has 1 amide bonds. The molecule has 0 radical (unpaired) electrons. The number of anilines is 1. The van der Waals surface area contributed by atoms with Gasteiger partial charge in [0.2, 0.25) is 15.9 Å². The second-order valence-electron chi connectivity index (χ2n) is 4.63. The SMILES string of the molecule is CS(=O)(=O)Nc1nc(CC(=O)N2CC(O)C(O)C2)cs1. The molecule has 1 aliphatic heterocycles. The summed E-state index contributed by atoms with van der Waals surface area (Å²) < 4.78 is 24.3. The van der Waals surface area contributed by atoms with Gasteiger partial charge in [-0.25, -0.2) is 13.4 Å². The van der Waals surface area contributed by atoms with Crippen LogP contribution in [0.5, 0.6) is 0 Å². The van der Waals surface area contributed by atoms with Crippen LogP contribution in [0.1, 0.15) is 5.69 Å². The van der Waals surface area contributed by atoms with E-state index in [1.807, 2.05) is 0 Å². The van der Waals surface area contributed by atoms with Crippen molar-refractivity contribution in [3.8, 4) is 0 Å². The summed E-state index contributed by atoms with van der Waals surface area (Å²) >= 11 is 1.09. The molecule has 0 spiro atoms. The van der Waals surface area contributed by atoms with Crippen molar-refractivity contribution in [3.63, 3.8) is 0 Å². The Hall–Kier alpha value is -1.23. The third-order valence-corrected chi connectivity index (χ3v) is 4.27. The molecule has 1 saturated heterocycles. The van der Waals surface area contributed by atoms with Gasteiger partial charge < -0.3 is 15.1 Å². The lowest BCUT2D eigenvalue weighted by Gasteiger charge is -2.14. The fraction of sp³-hybridized carbons (Fsp3) is 0.600. The minimum Gasteiger partial charge on any atom is -0.388 e. The number of hydrogen-bond acceptors (Lipinski definition) is 7. The van der Waals surface area contributed by atoms with E-state index in [-0.39, 0.29) is 30.5 Å². The van der Waals surface area contributed by atoms with Gasteiger partial charge >= 0.3 is 0 Å². The highest BCUT2D eigenvalue weighted by Crippen LogP contribution is 2.18. The van der Waals surface area contributed by atoms with Crippen molar-refractivity contribution in [2.24, 2.45) is 0 Å². The number of nitrogens with zero attached hydrogens (tertiary/aromatic N) is 2. The molecule has 2 rings (SSSR count). The topological polar surface area (TPSA) is 120 Å². The lowest BCUT2D eigenvalue weighted by Crippen LogP contribution is -2.31. The van der Waals surface area contributed by atoms with E-state index >= 15 is 0 Å². The molecule has 0 aromatic carbocycles. The maximum atomic E-state index is 11.9. The van der Waals surface area contributed by atoms with Crippen molar-refractivity contribution in [1.82, 2.24) is 9.88 Å². The molecule has 2 atom stereocenters. The Balaban J connectivity index is 1.95. The first kappa shape index (κ1) is 15.2. The maximum absolute atomic E-state index is 11.9. The minimum atomic E-state index is -3.39. The Morgan fingerprint density at radius 3 is 2.65 bits per heavy atom. The fourth-order valence-electron chi connectivity index (χ4n) is 1.83. The zero-order valence-electron chi connectivity index (χ0n) is 10.7. The van der Waals surface area contributed by atoms with Gasteiger partial charge in [-0.2, -0.15) is 0 Å². The molecule has 10 heteroatoms. The van der Waals surface area contributed by atoms with Crippen LogP contribution in [0.4, 0.5) is 5.13 Å². The van der Waals surface area contributed by atoms with E-state index in [0.29, 0.717) is 5.69 Å². The molecule has 1 fully saturated rings. The van der Waals surface area contributed by atoms with E-state index in [1.54, 1.807) is 5.38 Å². The summed E-state index contributed by atoms with van der Waals surface area (Å²) in [6, 6.07) is 0. The van der Waals surface area contributed by atoms with Crippen LogP contribution >= 0.6 is 11.3 Å². The molecular formula is C10H15N3O5S2. The Kier molecular flexibility index (Phi) is 4.28. The number of hydrogen-bond donors (Lipinski definition) is 3. The van der Waals surface area contributed by atoms with Crippen molar-refractivity contribution in [3.05, 3.63) is 11.1 Å². The van der Waals surface area contributed by atoms with Crippen molar-refractivity contribution >= 4 is 32.4 Å². The van der Waals surface area contributed by atoms with Gasteiger partial charge in [-0.15, -0.1) is 11.3 Å². The summed E-state index contributed by atoms with van der Waals surface area (Å²) in [5.41, 5.74) is 0.446. The third kappa shape index (κ3) is 3.88. The zero-order valence-corrected chi connectivity index (χ0v) is 12.3. The first-order valence-electron chi connectivity index (χ1n) is 5.80. The van der Waals surface area contributed by atoms with Crippen molar-refractivity contribution in [2.75, 3.05) is 24.1 Å². The molecule has 2 heterocycles. The number of nitrogens with one attached hydrogen (secondary N) is 1. The largest absolute Gasteiger partial charge is 0.388 e. The van der Waals surface area contributed by atoms with E-state index in [0.717, 1.165) is 17.6 Å². The van der Waals surface area contributed by atoms with Crippen LogP contribution in [-0.4, -0.2) is 66.0 Å². The van der Waals surface area contributed by atoms with Gasteiger partial charge in [0.1, 0.15) is 0 Å². The smallest absolute Gasteiger partial charge is 0.231 e. The number of aromatic nitrogens is 1. The van der Waals surface area contributed by atoms with Gasteiger partial charge in [0.05, 0.1) is 30.6 Å². The van der Waals surface area contributed by atoms with Gasteiger partial charge in [0.25, 0.3) is 0 Å². The number of rotatable bonds is 4. The molecule has 8 nitrogen and oxygen atoms in total. The van der Waals surface area contributed by atoms with Gasteiger partial charge in [0, 0.05) is 18.5 Å². The summed E-state index contributed by atoms with van der Waals surface area (Å²) in [6.07, 6.45) is -0.818. The number of amides is 1. The van der Waals surface area contributed by atoms with E-state index in [9.17, 15) is 23.4 Å². The molecule has 0 bridgehead atoms. The highest BCUT2D eigenvalue weighted by Gasteiger charge is 2.32. The van der Waals surface area contributed by atoms with Crippen molar-refractivity contribution in [1.29, 1.82) is 0 Å². The molecular weight excluding hydrogens is 306 g/mol. The first-order valence-corrected chi connectivity index (χ1v) is 8.58. The first-order chi connectivity index (χ1) is 9.24. The van der Waals surface area contributed by atoms with Crippen molar-refractivity contribution in [2.45, 2.75) is 18.6 Å². The van der Waals surface area contributed by atoms with E-state index in [2.05, 4.69) is 9.71 Å². The number of β-amino-alcohol motifs (C(OH)–C–C–N with tert-alkyl or cyclic N) is 2. The van der Waals surface area contributed by atoms with E-state index < -0.39 is 22.2 Å². The standard InChI is InChI=1S/C10H15N3O5S2/c1-20(17,18)12-10-11-6(5-19-10)2-9(16)13-3-7(14)8(15)4-13/h5,7-8,14-15H,2-4H2,1H3,(H,11,12). The molecule has 2 unspecified atom stereocenters. The highest BCUT2D eigenvalue weighted by atomic mass is 32.2. The van der Waals surface area contributed by atoms with Crippen LogP contribution in [-0.2, 0) is 21.2 Å². The number of aliphatic hydroxyl groups excluding tert-OH is 2. The Labute approximate surface area is 120 Å². The fourth-order valence-corrected chi connectivity index (χ4v) is 3.40. The second kappa shape index (κ2) is 5.64. The minimum absolute atomic E-state index is 0.00137. The third-order valence-electron chi connectivity index (χ3n) is 2.77. The van der Waals surface area contributed by atoms with Gasteiger partial charge in [-0.3, -0.25) is 9.52 Å². The van der Waals surface area contributed by atoms with Gasteiger partial charge in [0.15, 0.2) is 5.13 Å². The molecule has 0 saturated carbocycles. The number of carbonyl (C=O) groups is 1. The van der Waals surface area contributed by atoms with Gasteiger partial charge in [-0.1, -0.05) is 0 Å². The molecule has 3 N–H and O–H groups in total. The van der Waals surface area contributed by atoms with E-state index in [4.69, 9.17) is 0 Å². The Morgan fingerprint density at radius 1 is 1.50 bits per heavy atom. The highest BCUT2D eigenvalue weighted by molar-refractivity contribution is 7.92. The van der Waals surface area contributed by atoms with Crippen LogP contribution in [0.25, 0.3) is 0 Å². The molecule has 1 aromatic heterocycles. The molecule has 0 aliphatic carbocycles. The van der Waals surface area contributed by atoms with Crippen LogP contribution in [0.3, 0.4) is 0 Å². The van der Waals surface area contributed by atoms with Crippen molar-refractivity contribution < 1.29 is 23.4 Å². The maximum Gasteiger partial charge on any atom is 0.231 e. The number of thiazole rings is 1. The normalized spacial score (nSPS) is 23.1. The lowest BCUT2D eigenvalue weighted by atomic mass is 10.3. The zero-order chi connectivity index (χ0) is 14.9. The van der Waals surface area contributed by atoms with Crippen LogP contribution in [0, 0.1) is 0 Å². The summed E-state index contributed by atoms with van der Waals surface area (Å²) in [4.78, 5) is 17.3. The number of likely N-dealkylation sites (tertiary alicyclic amines) is 1. The predicted molar refractivity (Wildman–Crippen MR) is 72.9 cm³/mol. The van der Waals surface area contributed by atoms with Crippen LogP contribution in [0.2, 0.25) is 0 Å². The second-order valence-corrected chi connectivity index (χ2v) is 7.23. The average Bonchev–Trinajstić information content (AvgIpc) is 2.85. The quantitative estimate of drug-likeness (QED) is 0.629. The van der Waals surface area contributed by atoms with Crippen LogP contribution in [0.15, 0.2) is 5.38 Å². The van der Waals surface area contributed by atoms with Gasteiger partial charge in [-0.05, 0) is 0 Å². The monoisotopic (exact) mass is 321 g/mol. The lowest BCUT2D eigenvalue weighted by molar-refractivity contribution is -0.130. The Morgan fingerprint density at radius 2 is 2.10 bits per heavy atom. The summed E-state index contributed by atoms with van der Waals surface area (Å²) in [5.74, 6) is -0.267. The molecule has 20 heavy (non-hydrogen) atoms. The summed E-state index contributed by atoms with van der Waals surface area (Å²) in [7, 11) is -3.39. The summed E-state index contributed by atoms with van der Waals surface area (Å²) in [5, 5.41) is 20.6. The molecule has 1 aliphatic rings. The van der Waals surface area contributed by atoms with E-state index in [1.165, 1.54) is 4.90 Å². The predicted octanol–water partition coefficient (Wildman–Crippen LogP) is -1.38. The summed E-state index contributed by atoms with van der Waals surface area (Å²) in [6.45, 7) is 0.192. The number of aliphatic hydroxyl groups is 2. The number of carbonyl (C=O) groups excluding carboxylic acids is 1. The molecule has 112 valence electrons.